The van der Waals surface area contributed by atoms with Gasteiger partial charge in [0.1, 0.15) is 5.82 Å². The van der Waals surface area contributed by atoms with Gasteiger partial charge in [-0.15, -0.1) is 0 Å². The van der Waals surface area contributed by atoms with E-state index in [9.17, 15) is 0 Å². The molecular weight excluding hydrogens is 202 g/mol. The Balaban J connectivity index is 1.67. The van der Waals surface area contributed by atoms with Gasteiger partial charge in [-0.25, -0.2) is 4.98 Å². The van der Waals surface area contributed by atoms with Gasteiger partial charge in [-0.1, -0.05) is 12.8 Å². The van der Waals surface area contributed by atoms with Gasteiger partial charge >= 0.3 is 0 Å². The Morgan fingerprint density at radius 2 is 2.25 bits per heavy atom. The molecule has 0 radical (unpaired) electrons. The first kappa shape index (κ1) is 11.3. The highest BCUT2D eigenvalue weighted by Gasteiger charge is 2.20. The lowest BCUT2D eigenvalue weighted by Gasteiger charge is -2.04. The molecule has 88 valence electrons. The van der Waals surface area contributed by atoms with E-state index in [2.05, 4.69) is 15.3 Å². The molecule has 0 aromatic carbocycles. The third kappa shape index (κ3) is 3.77. The fraction of sp³-hybridized carbons (Fsp3) is 0.667. The van der Waals surface area contributed by atoms with E-state index in [1.54, 1.807) is 12.4 Å². The minimum absolute atomic E-state index is 0.576. The molecule has 1 saturated carbocycles. The molecule has 1 heterocycles. The molecule has 4 nitrogen and oxygen atoms in total. The fourth-order valence-electron chi connectivity index (χ4n) is 1.53. The first-order valence-electron chi connectivity index (χ1n) is 6.01. The van der Waals surface area contributed by atoms with Crippen LogP contribution in [0.2, 0.25) is 0 Å². The monoisotopic (exact) mass is 221 g/mol. The number of hydrogen-bond acceptors (Lipinski definition) is 4. The minimum Gasteiger partial charge on any atom is -0.375 e. The summed E-state index contributed by atoms with van der Waals surface area (Å²) in [5.74, 6) is 1.76. The van der Waals surface area contributed by atoms with Crippen molar-refractivity contribution < 1.29 is 4.74 Å². The summed E-state index contributed by atoms with van der Waals surface area (Å²) in [5.41, 5.74) is 0.900. The summed E-state index contributed by atoms with van der Waals surface area (Å²) >= 11 is 0. The molecule has 1 fully saturated rings. The Hall–Kier alpha value is -1.16. The van der Waals surface area contributed by atoms with E-state index in [4.69, 9.17) is 4.74 Å². The maximum absolute atomic E-state index is 5.55. The summed E-state index contributed by atoms with van der Waals surface area (Å²) in [6, 6.07) is 0. The Morgan fingerprint density at radius 3 is 2.88 bits per heavy atom. The van der Waals surface area contributed by atoms with Crippen LogP contribution in [0.1, 0.15) is 31.9 Å². The number of ether oxygens (including phenoxy) is 1. The zero-order valence-corrected chi connectivity index (χ0v) is 9.78. The van der Waals surface area contributed by atoms with E-state index in [1.807, 2.05) is 6.92 Å². The van der Waals surface area contributed by atoms with E-state index in [1.165, 1.54) is 19.3 Å². The molecule has 0 unspecified atom stereocenters. The first-order chi connectivity index (χ1) is 7.88. The van der Waals surface area contributed by atoms with Crippen LogP contribution in [-0.2, 0) is 11.3 Å². The van der Waals surface area contributed by atoms with Crippen molar-refractivity contribution in [2.24, 2.45) is 5.92 Å². The van der Waals surface area contributed by atoms with Gasteiger partial charge in [0.2, 0.25) is 0 Å². The van der Waals surface area contributed by atoms with Crippen LogP contribution < -0.4 is 5.32 Å². The summed E-state index contributed by atoms with van der Waals surface area (Å²) in [7, 11) is 0. The molecule has 1 aromatic heterocycles. The molecule has 0 atom stereocenters. The number of aromatic nitrogens is 2. The van der Waals surface area contributed by atoms with Crippen molar-refractivity contribution in [3.63, 3.8) is 0 Å². The van der Waals surface area contributed by atoms with Gasteiger partial charge in [0.05, 0.1) is 24.7 Å². The second kappa shape index (κ2) is 5.80. The smallest absolute Gasteiger partial charge is 0.144 e. The van der Waals surface area contributed by atoms with Crippen LogP contribution in [0.4, 0.5) is 5.82 Å². The summed E-state index contributed by atoms with van der Waals surface area (Å²) < 4.78 is 5.55. The van der Waals surface area contributed by atoms with E-state index in [0.29, 0.717) is 6.61 Å². The SMILES string of the molecule is CCNc1cnc(COCCC2CC2)cn1. The predicted octanol–water partition coefficient (Wildman–Crippen LogP) is 2.23. The molecule has 1 aliphatic carbocycles. The van der Waals surface area contributed by atoms with Gasteiger partial charge < -0.3 is 10.1 Å². The average Bonchev–Trinajstić information content (AvgIpc) is 3.11. The van der Waals surface area contributed by atoms with E-state index < -0.39 is 0 Å². The van der Waals surface area contributed by atoms with E-state index in [0.717, 1.165) is 30.6 Å². The fourth-order valence-corrected chi connectivity index (χ4v) is 1.53. The van der Waals surface area contributed by atoms with Gasteiger partial charge in [0, 0.05) is 13.2 Å². The molecule has 0 aliphatic heterocycles. The van der Waals surface area contributed by atoms with Gasteiger partial charge in [-0.3, -0.25) is 4.98 Å². The van der Waals surface area contributed by atoms with Crippen LogP contribution in [-0.4, -0.2) is 23.1 Å². The topological polar surface area (TPSA) is 47.0 Å². The summed E-state index contributed by atoms with van der Waals surface area (Å²) in [6.45, 7) is 4.33. The second-order valence-corrected chi connectivity index (χ2v) is 4.21. The molecule has 4 heteroatoms. The van der Waals surface area contributed by atoms with Crippen LogP contribution in [0.25, 0.3) is 0 Å². The first-order valence-corrected chi connectivity index (χ1v) is 6.01. The van der Waals surface area contributed by atoms with E-state index in [-0.39, 0.29) is 0 Å². The standard InChI is InChI=1S/C12H19N3O/c1-2-13-12-8-14-11(7-15-12)9-16-6-5-10-3-4-10/h7-8,10H,2-6,9H2,1H3,(H,13,15). The largest absolute Gasteiger partial charge is 0.375 e. The van der Waals surface area contributed by atoms with Crippen molar-refractivity contribution in [1.29, 1.82) is 0 Å². The van der Waals surface area contributed by atoms with Crippen molar-refractivity contribution in [3.05, 3.63) is 18.1 Å². The molecule has 0 saturated heterocycles. The normalized spacial score (nSPS) is 15.1. The molecule has 16 heavy (non-hydrogen) atoms. The van der Waals surface area contributed by atoms with Crippen LogP contribution in [0.15, 0.2) is 12.4 Å². The van der Waals surface area contributed by atoms with Gasteiger partial charge in [0.25, 0.3) is 0 Å². The Morgan fingerprint density at radius 1 is 1.38 bits per heavy atom. The van der Waals surface area contributed by atoms with Gasteiger partial charge in [0.15, 0.2) is 0 Å². The number of rotatable bonds is 7. The van der Waals surface area contributed by atoms with Crippen molar-refractivity contribution >= 4 is 5.82 Å². The zero-order chi connectivity index (χ0) is 11.2. The quantitative estimate of drug-likeness (QED) is 0.717. The molecular formula is C12H19N3O. The third-order valence-corrected chi connectivity index (χ3v) is 2.68. The van der Waals surface area contributed by atoms with Crippen molar-refractivity contribution in [2.45, 2.75) is 32.8 Å². The lowest BCUT2D eigenvalue weighted by Crippen LogP contribution is -2.03. The second-order valence-electron chi connectivity index (χ2n) is 4.21. The number of nitrogens with zero attached hydrogens (tertiary/aromatic N) is 2. The molecule has 1 aromatic rings. The zero-order valence-electron chi connectivity index (χ0n) is 9.78. The average molecular weight is 221 g/mol. The molecule has 0 bridgehead atoms. The predicted molar refractivity (Wildman–Crippen MR) is 63.2 cm³/mol. The summed E-state index contributed by atoms with van der Waals surface area (Å²) in [6.07, 6.45) is 7.50. The molecule has 1 N–H and O–H groups in total. The van der Waals surface area contributed by atoms with Gasteiger partial charge in [-0.05, 0) is 19.3 Å². The third-order valence-electron chi connectivity index (χ3n) is 2.68. The number of anilines is 1. The van der Waals surface area contributed by atoms with Crippen LogP contribution >= 0.6 is 0 Å². The highest BCUT2D eigenvalue weighted by atomic mass is 16.5. The lowest BCUT2D eigenvalue weighted by molar-refractivity contribution is 0.112. The maximum Gasteiger partial charge on any atom is 0.144 e. The highest BCUT2D eigenvalue weighted by Crippen LogP contribution is 2.32. The van der Waals surface area contributed by atoms with Crippen molar-refractivity contribution in [2.75, 3.05) is 18.5 Å². The minimum atomic E-state index is 0.576. The molecule has 1 aliphatic rings. The highest BCUT2D eigenvalue weighted by molar-refractivity contribution is 5.30. The van der Waals surface area contributed by atoms with Crippen molar-refractivity contribution in [1.82, 2.24) is 9.97 Å². The number of nitrogens with one attached hydrogen (secondary N) is 1. The van der Waals surface area contributed by atoms with Crippen LogP contribution in [0, 0.1) is 5.92 Å². The maximum atomic E-state index is 5.55. The molecule has 2 rings (SSSR count). The molecule has 0 amide bonds. The Kier molecular flexibility index (Phi) is 4.10. The summed E-state index contributed by atoms with van der Waals surface area (Å²) in [4.78, 5) is 8.52. The molecule has 0 spiro atoms. The Bertz CT molecular complexity index is 309. The van der Waals surface area contributed by atoms with Crippen molar-refractivity contribution in [3.8, 4) is 0 Å². The lowest BCUT2D eigenvalue weighted by atomic mass is 10.3. The van der Waals surface area contributed by atoms with E-state index >= 15 is 0 Å². The van der Waals surface area contributed by atoms with Crippen LogP contribution in [0.3, 0.4) is 0 Å². The number of hydrogen-bond donors (Lipinski definition) is 1. The van der Waals surface area contributed by atoms with Crippen LogP contribution in [0.5, 0.6) is 0 Å². The van der Waals surface area contributed by atoms with Gasteiger partial charge in [-0.2, -0.15) is 0 Å². The summed E-state index contributed by atoms with van der Waals surface area (Å²) in [5, 5.41) is 3.11. The Labute approximate surface area is 96.4 Å².